The molecule has 0 radical (unpaired) electrons. The molecule has 1 aromatic heterocycles. The van der Waals surface area contributed by atoms with Crippen LogP contribution in [0.2, 0.25) is 0 Å². The van der Waals surface area contributed by atoms with Gasteiger partial charge in [-0.3, -0.25) is 0 Å². The summed E-state index contributed by atoms with van der Waals surface area (Å²) < 4.78 is 2.02. The molecular weight excluding hydrogens is 176 g/mol. The minimum atomic E-state index is 0.329. The Hall–Kier alpha value is -1.48. The van der Waals surface area contributed by atoms with Crippen LogP contribution >= 0.6 is 0 Å². The van der Waals surface area contributed by atoms with E-state index in [4.69, 9.17) is 5.73 Å². The Kier molecular flexibility index (Phi) is 1.97. The Bertz CT molecular complexity index is 485. The van der Waals surface area contributed by atoms with E-state index in [-0.39, 0.29) is 0 Å². The third-order valence-electron chi connectivity index (χ3n) is 2.59. The minimum Gasteiger partial charge on any atom is -0.507 e. The van der Waals surface area contributed by atoms with Crippen molar-refractivity contribution in [1.82, 2.24) is 4.57 Å². The predicted octanol–water partition coefficient (Wildman–Crippen LogP) is 1.65. The Labute approximate surface area is 82.8 Å². The molecule has 2 rings (SSSR count). The fraction of sp³-hybridized carbons (Fsp3) is 0.273. The van der Waals surface area contributed by atoms with Crippen molar-refractivity contribution in [1.29, 1.82) is 0 Å². The number of hydrogen-bond acceptors (Lipinski definition) is 2. The van der Waals surface area contributed by atoms with Gasteiger partial charge in [0, 0.05) is 24.7 Å². The van der Waals surface area contributed by atoms with Crippen LogP contribution in [0.1, 0.15) is 11.3 Å². The quantitative estimate of drug-likeness (QED) is 0.718. The summed E-state index contributed by atoms with van der Waals surface area (Å²) in [5.74, 6) is 0.329. The first-order valence-electron chi connectivity index (χ1n) is 4.61. The summed E-state index contributed by atoms with van der Waals surface area (Å²) in [6, 6.07) is 5.75. The van der Waals surface area contributed by atoms with Gasteiger partial charge < -0.3 is 15.4 Å². The lowest BCUT2D eigenvalue weighted by molar-refractivity contribution is 0.481. The highest BCUT2D eigenvalue weighted by atomic mass is 16.3. The molecule has 0 amide bonds. The molecule has 0 unspecified atom stereocenters. The first-order valence-corrected chi connectivity index (χ1v) is 4.61. The van der Waals surface area contributed by atoms with Crippen LogP contribution < -0.4 is 5.73 Å². The number of hydrogen-bond donors (Lipinski definition) is 2. The van der Waals surface area contributed by atoms with Crippen molar-refractivity contribution in [3.63, 3.8) is 0 Å². The van der Waals surface area contributed by atoms with Crippen LogP contribution in [0.3, 0.4) is 0 Å². The molecule has 1 heterocycles. The third-order valence-corrected chi connectivity index (χ3v) is 2.59. The van der Waals surface area contributed by atoms with Gasteiger partial charge in [0.2, 0.25) is 0 Å². The van der Waals surface area contributed by atoms with E-state index in [0.717, 1.165) is 22.2 Å². The maximum atomic E-state index is 9.73. The number of aromatic nitrogens is 1. The van der Waals surface area contributed by atoms with E-state index >= 15 is 0 Å². The summed E-state index contributed by atoms with van der Waals surface area (Å²) >= 11 is 0. The zero-order valence-corrected chi connectivity index (χ0v) is 8.41. The standard InChI is InChI=1S/C11H14N2O/c1-7-3-10-9(11(14)4-7)5-8(6-12)13(10)2/h3-5,14H,6,12H2,1-2H3. The number of nitrogens with zero attached hydrogens (tertiary/aromatic N) is 1. The molecule has 0 saturated carbocycles. The highest BCUT2D eigenvalue weighted by Crippen LogP contribution is 2.28. The van der Waals surface area contributed by atoms with Gasteiger partial charge in [0.25, 0.3) is 0 Å². The fourth-order valence-corrected chi connectivity index (χ4v) is 1.80. The van der Waals surface area contributed by atoms with Gasteiger partial charge in [0.15, 0.2) is 0 Å². The average molecular weight is 190 g/mol. The summed E-state index contributed by atoms with van der Waals surface area (Å²) in [6.45, 7) is 2.46. The van der Waals surface area contributed by atoms with E-state index in [0.29, 0.717) is 12.3 Å². The van der Waals surface area contributed by atoms with E-state index in [1.165, 1.54) is 0 Å². The van der Waals surface area contributed by atoms with Crippen molar-refractivity contribution in [2.24, 2.45) is 12.8 Å². The molecule has 3 heteroatoms. The van der Waals surface area contributed by atoms with E-state index in [1.54, 1.807) is 6.07 Å². The first kappa shape index (κ1) is 9.09. The summed E-state index contributed by atoms with van der Waals surface area (Å²) in [4.78, 5) is 0. The Morgan fingerprint density at radius 1 is 1.36 bits per heavy atom. The second-order valence-corrected chi connectivity index (χ2v) is 3.62. The molecule has 74 valence electrons. The zero-order valence-electron chi connectivity index (χ0n) is 8.41. The number of nitrogens with two attached hydrogens (primary N) is 1. The number of phenols is 1. The Balaban J connectivity index is 2.85. The predicted molar refractivity (Wildman–Crippen MR) is 57.2 cm³/mol. The molecule has 0 saturated heterocycles. The van der Waals surface area contributed by atoms with Gasteiger partial charge in [-0.15, -0.1) is 0 Å². The van der Waals surface area contributed by atoms with Crippen molar-refractivity contribution in [2.75, 3.05) is 0 Å². The van der Waals surface area contributed by atoms with Gasteiger partial charge in [-0.05, 0) is 30.7 Å². The highest BCUT2D eigenvalue weighted by molar-refractivity contribution is 5.87. The number of benzene rings is 1. The van der Waals surface area contributed by atoms with E-state index in [1.807, 2.05) is 30.7 Å². The normalized spacial score (nSPS) is 11.1. The maximum absolute atomic E-state index is 9.73. The van der Waals surface area contributed by atoms with Crippen molar-refractivity contribution in [3.8, 4) is 5.75 Å². The van der Waals surface area contributed by atoms with Crippen LogP contribution in [0.5, 0.6) is 5.75 Å². The average Bonchev–Trinajstić information content (AvgIpc) is 2.44. The van der Waals surface area contributed by atoms with E-state index in [2.05, 4.69) is 0 Å². The van der Waals surface area contributed by atoms with Crippen LogP contribution in [0, 0.1) is 6.92 Å². The molecule has 0 atom stereocenters. The molecule has 0 aliphatic heterocycles. The highest BCUT2D eigenvalue weighted by Gasteiger charge is 2.08. The van der Waals surface area contributed by atoms with Crippen molar-refractivity contribution < 1.29 is 5.11 Å². The number of phenolic OH excluding ortho intramolecular Hbond substituents is 1. The van der Waals surface area contributed by atoms with Gasteiger partial charge in [0.05, 0.1) is 5.52 Å². The van der Waals surface area contributed by atoms with Crippen LogP contribution in [0.25, 0.3) is 10.9 Å². The maximum Gasteiger partial charge on any atom is 0.125 e. The summed E-state index contributed by atoms with van der Waals surface area (Å²) in [5.41, 5.74) is 8.71. The van der Waals surface area contributed by atoms with E-state index < -0.39 is 0 Å². The van der Waals surface area contributed by atoms with Gasteiger partial charge in [0.1, 0.15) is 5.75 Å². The molecule has 2 aromatic rings. The number of aryl methyl sites for hydroxylation is 2. The first-order chi connectivity index (χ1) is 6.63. The molecule has 0 bridgehead atoms. The third kappa shape index (κ3) is 1.17. The van der Waals surface area contributed by atoms with Gasteiger partial charge in [-0.1, -0.05) is 0 Å². The monoisotopic (exact) mass is 190 g/mol. The van der Waals surface area contributed by atoms with Crippen molar-refractivity contribution >= 4 is 10.9 Å². The molecule has 3 nitrogen and oxygen atoms in total. The Morgan fingerprint density at radius 3 is 2.71 bits per heavy atom. The van der Waals surface area contributed by atoms with Gasteiger partial charge in [-0.2, -0.15) is 0 Å². The second kappa shape index (κ2) is 3.03. The number of rotatable bonds is 1. The molecule has 1 aromatic carbocycles. The molecule has 0 spiro atoms. The van der Waals surface area contributed by atoms with Crippen molar-refractivity contribution in [2.45, 2.75) is 13.5 Å². The van der Waals surface area contributed by atoms with Gasteiger partial charge >= 0.3 is 0 Å². The molecule has 0 aliphatic rings. The summed E-state index contributed by atoms with van der Waals surface area (Å²) in [6.07, 6.45) is 0. The van der Waals surface area contributed by atoms with Gasteiger partial charge in [-0.25, -0.2) is 0 Å². The topological polar surface area (TPSA) is 51.2 Å². The molecule has 0 aliphatic carbocycles. The lowest BCUT2D eigenvalue weighted by Crippen LogP contribution is -2.02. The van der Waals surface area contributed by atoms with Crippen LogP contribution in [0.15, 0.2) is 18.2 Å². The minimum absolute atomic E-state index is 0.329. The summed E-state index contributed by atoms with van der Waals surface area (Å²) in [7, 11) is 1.96. The molecule has 0 fully saturated rings. The Morgan fingerprint density at radius 2 is 2.07 bits per heavy atom. The van der Waals surface area contributed by atoms with Crippen LogP contribution in [0.4, 0.5) is 0 Å². The molecule has 3 N–H and O–H groups in total. The molecular formula is C11H14N2O. The fourth-order valence-electron chi connectivity index (χ4n) is 1.80. The number of fused-ring (bicyclic) bond motifs is 1. The number of aromatic hydroxyl groups is 1. The second-order valence-electron chi connectivity index (χ2n) is 3.62. The smallest absolute Gasteiger partial charge is 0.125 e. The van der Waals surface area contributed by atoms with E-state index in [9.17, 15) is 5.11 Å². The SMILES string of the molecule is Cc1cc(O)c2cc(CN)n(C)c2c1. The van der Waals surface area contributed by atoms with Crippen molar-refractivity contribution in [3.05, 3.63) is 29.5 Å². The van der Waals surface area contributed by atoms with Crippen LogP contribution in [-0.4, -0.2) is 9.67 Å². The molecule has 14 heavy (non-hydrogen) atoms. The van der Waals surface area contributed by atoms with Crippen LogP contribution in [-0.2, 0) is 13.6 Å². The lowest BCUT2D eigenvalue weighted by atomic mass is 10.1. The summed E-state index contributed by atoms with van der Waals surface area (Å²) in [5, 5.41) is 10.6. The lowest BCUT2D eigenvalue weighted by Gasteiger charge is -2.02. The largest absolute Gasteiger partial charge is 0.507 e. The zero-order chi connectivity index (χ0) is 10.3.